The van der Waals surface area contributed by atoms with Gasteiger partial charge in [-0.3, -0.25) is 14.5 Å². The Balaban J connectivity index is 1.59. The predicted octanol–water partition coefficient (Wildman–Crippen LogP) is 3.82. The molecule has 1 aromatic carbocycles. The summed E-state index contributed by atoms with van der Waals surface area (Å²) < 4.78 is 1.90. The third-order valence-corrected chi connectivity index (χ3v) is 5.52. The molecule has 2 aromatic heterocycles. The van der Waals surface area contributed by atoms with Gasteiger partial charge in [0.05, 0.1) is 16.8 Å². The summed E-state index contributed by atoms with van der Waals surface area (Å²) >= 11 is 0. The maximum atomic E-state index is 13.1. The van der Waals surface area contributed by atoms with Gasteiger partial charge >= 0.3 is 0 Å². The maximum Gasteiger partial charge on any atom is 0.252 e. The Labute approximate surface area is 159 Å². The van der Waals surface area contributed by atoms with Crippen LogP contribution in [0.15, 0.2) is 30.3 Å². The van der Waals surface area contributed by atoms with E-state index in [1.165, 1.54) is 18.4 Å². The van der Waals surface area contributed by atoms with Crippen LogP contribution in [0.5, 0.6) is 0 Å². The number of carbonyl (C=O) groups excluding carboxylic acids is 1. The molecule has 5 nitrogen and oxygen atoms in total. The van der Waals surface area contributed by atoms with Crippen LogP contribution in [0, 0.1) is 13.8 Å². The highest BCUT2D eigenvalue weighted by Crippen LogP contribution is 2.40. The molecular formula is C22H26N4O. The number of para-hydroxylation sites is 1. The normalized spacial score (nSPS) is 15.1. The number of aryl methyl sites for hydroxylation is 2. The second kappa shape index (κ2) is 6.80. The molecule has 1 saturated carbocycles. The molecule has 27 heavy (non-hydrogen) atoms. The fourth-order valence-corrected chi connectivity index (χ4v) is 3.74. The lowest BCUT2D eigenvalue weighted by Gasteiger charge is -2.16. The fraction of sp³-hybridized carbons (Fsp3) is 0.409. The van der Waals surface area contributed by atoms with E-state index in [9.17, 15) is 4.79 Å². The van der Waals surface area contributed by atoms with Gasteiger partial charge in [0.1, 0.15) is 0 Å². The minimum absolute atomic E-state index is 0.0235. The van der Waals surface area contributed by atoms with Crippen molar-refractivity contribution in [3.05, 3.63) is 58.5 Å². The van der Waals surface area contributed by atoms with E-state index in [0.717, 1.165) is 40.0 Å². The molecule has 4 rings (SSSR count). The molecule has 1 amide bonds. The number of benzene rings is 1. The van der Waals surface area contributed by atoms with E-state index < -0.39 is 0 Å². The first-order valence-corrected chi connectivity index (χ1v) is 9.63. The molecule has 1 unspecified atom stereocenters. The van der Waals surface area contributed by atoms with Gasteiger partial charge < -0.3 is 5.32 Å². The Bertz CT molecular complexity index is 1020. The number of hydrogen-bond acceptors (Lipinski definition) is 3. The van der Waals surface area contributed by atoms with Crippen LogP contribution in [0.1, 0.15) is 58.7 Å². The van der Waals surface area contributed by atoms with Crippen molar-refractivity contribution < 1.29 is 4.79 Å². The fourth-order valence-electron chi connectivity index (χ4n) is 3.74. The van der Waals surface area contributed by atoms with E-state index >= 15 is 0 Å². The summed E-state index contributed by atoms with van der Waals surface area (Å²) in [5.41, 5.74) is 6.07. The number of carbonyl (C=O) groups is 1. The topological polar surface area (TPSA) is 59.8 Å². The van der Waals surface area contributed by atoms with Crippen molar-refractivity contribution in [2.24, 2.45) is 7.05 Å². The van der Waals surface area contributed by atoms with Crippen molar-refractivity contribution in [3.8, 4) is 0 Å². The van der Waals surface area contributed by atoms with Crippen LogP contribution < -0.4 is 5.32 Å². The van der Waals surface area contributed by atoms with E-state index in [1.807, 2.05) is 49.0 Å². The Kier molecular flexibility index (Phi) is 4.46. The molecule has 1 fully saturated rings. The molecule has 3 aromatic rings. The second-order valence-corrected chi connectivity index (χ2v) is 7.74. The number of rotatable bonds is 5. The molecule has 0 saturated heterocycles. The SMILES string of the molecule is Cc1nn(C)c(C)c1CC(C)NC(=O)c1cc(C2CC2)nc2ccccc12. The van der Waals surface area contributed by atoms with Crippen LogP contribution in [-0.2, 0) is 13.5 Å². The van der Waals surface area contributed by atoms with Gasteiger partial charge in [-0.05, 0) is 57.7 Å². The molecular weight excluding hydrogens is 336 g/mol. The molecule has 0 aliphatic heterocycles. The van der Waals surface area contributed by atoms with Gasteiger partial charge in [-0.25, -0.2) is 0 Å². The van der Waals surface area contributed by atoms with Gasteiger partial charge in [0.25, 0.3) is 5.91 Å². The van der Waals surface area contributed by atoms with Crippen LogP contribution in [0.2, 0.25) is 0 Å². The van der Waals surface area contributed by atoms with E-state index in [1.54, 1.807) is 0 Å². The Morgan fingerprint density at radius 1 is 1.30 bits per heavy atom. The minimum atomic E-state index is -0.0257. The summed E-state index contributed by atoms with van der Waals surface area (Å²) in [7, 11) is 1.96. The second-order valence-electron chi connectivity index (χ2n) is 7.74. The zero-order valence-corrected chi connectivity index (χ0v) is 16.4. The van der Waals surface area contributed by atoms with Gasteiger partial charge in [-0.15, -0.1) is 0 Å². The highest BCUT2D eigenvalue weighted by molar-refractivity contribution is 6.06. The smallest absolute Gasteiger partial charge is 0.252 e. The van der Waals surface area contributed by atoms with Gasteiger partial charge in [-0.2, -0.15) is 5.10 Å². The average Bonchev–Trinajstić information content (AvgIpc) is 3.46. The summed E-state index contributed by atoms with van der Waals surface area (Å²) in [6.45, 7) is 6.15. The number of pyridine rings is 1. The Morgan fingerprint density at radius 3 is 2.70 bits per heavy atom. The number of nitrogens with zero attached hydrogens (tertiary/aromatic N) is 3. The van der Waals surface area contributed by atoms with Crippen molar-refractivity contribution in [2.75, 3.05) is 0 Å². The molecule has 5 heteroatoms. The Hall–Kier alpha value is -2.69. The molecule has 2 heterocycles. The van der Waals surface area contributed by atoms with Crippen molar-refractivity contribution in [1.29, 1.82) is 0 Å². The van der Waals surface area contributed by atoms with Gasteiger partial charge in [0.15, 0.2) is 0 Å². The van der Waals surface area contributed by atoms with Crippen LogP contribution in [0.4, 0.5) is 0 Å². The first-order chi connectivity index (χ1) is 12.9. The highest BCUT2D eigenvalue weighted by Gasteiger charge is 2.27. The molecule has 1 atom stereocenters. The van der Waals surface area contributed by atoms with Gasteiger partial charge in [0, 0.05) is 35.8 Å². The number of hydrogen-bond donors (Lipinski definition) is 1. The highest BCUT2D eigenvalue weighted by atomic mass is 16.1. The molecule has 0 spiro atoms. The zero-order valence-electron chi connectivity index (χ0n) is 16.4. The number of aromatic nitrogens is 3. The third-order valence-electron chi connectivity index (χ3n) is 5.52. The number of amides is 1. The van der Waals surface area contributed by atoms with Crippen LogP contribution in [0.3, 0.4) is 0 Å². The summed E-state index contributed by atoms with van der Waals surface area (Å²) in [6, 6.07) is 9.92. The lowest BCUT2D eigenvalue weighted by molar-refractivity contribution is 0.0941. The quantitative estimate of drug-likeness (QED) is 0.750. The van der Waals surface area contributed by atoms with Gasteiger partial charge in [-0.1, -0.05) is 18.2 Å². The monoisotopic (exact) mass is 362 g/mol. The average molecular weight is 362 g/mol. The van der Waals surface area contributed by atoms with E-state index in [2.05, 4.69) is 24.3 Å². The molecule has 0 radical (unpaired) electrons. The largest absolute Gasteiger partial charge is 0.349 e. The maximum absolute atomic E-state index is 13.1. The lowest BCUT2D eigenvalue weighted by atomic mass is 10.0. The lowest BCUT2D eigenvalue weighted by Crippen LogP contribution is -2.34. The summed E-state index contributed by atoms with van der Waals surface area (Å²) in [5, 5.41) is 8.58. The molecule has 1 N–H and O–H groups in total. The first kappa shape index (κ1) is 17.7. The Morgan fingerprint density at radius 2 is 2.04 bits per heavy atom. The van der Waals surface area contributed by atoms with Crippen LogP contribution in [0.25, 0.3) is 10.9 Å². The zero-order chi connectivity index (χ0) is 19.1. The van der Waals surface area contributed by atoms with E-state index in [0.29, 0.717) is 5.92 Å². The minimum Gasteiger partial charge on any atom is -0.349 e. The third kappa shape index (κ3) is 3.46. The van der Waals surface area contributed by atoms with E-state index in [4.69, 9.17) is 4.98 Å². The molecule has 1 aliphatic rings. The number of nitrogens with one attached hydrogen (secondary N) is 1. The van der Waals surface area contributed by atoms with Crippen molar-refractivity contribution in [3.63, 3.8) is 0 Å². The summed E-state index contributed by atoms with van der Waals surface area (Å²) in [5.74, 6) is 0.487. The van der Waals surface area contributed by atoms with Crippen LogP contribution in [-0.4, -0.2) is 26.7 Å². The van der Waals surface area contributed by atoms with Crippen molar-refractivity contribution in [2.45, 2.75) is 52.0 Å². The standard InChI is InChI=1S/C22H26N4O/c1-13(11-18-14(2)25-26(4)15(18)3)23-22(27)19-12-21(16-9-10-16)24-20-8-6-5-7-17(19)20/h5-8,12-13,16H,9-11H2,1-4H3,(H,23,27). The molecule has 1 aliphatic carbocycles. The van der Waals surface area contributed by atoms with E-state index in [-0.39, 0.29) is 11.9 Å². The molecule has 0 bridgehead atoms. The van der Waals surface area contributed by atoms with Crippen LogP contribution >= 0.6 is 0 Å². The van der Waals surface area contributed by atoms with Crippen molar-refractivity contribution >= 4 is 16.8 Å². The molecule has 140 valence electrons. The first-order valence-electron chi connectivity index (χ1n) is 9.63. The summed E-state index contributed by atoms with van der Waals surface area (Å²) in [4.78, 5) is 17.8. The van der Waals surface area contributed by atoms with Crippen molar-refractivity contribution in [1.82, 2.24) is 20.1 Å². The predicted molar refractivity (Wildman–Crippen MR) is 107 cm³/mol. The summed E-state index contributed by atoms with van der Waals surface area (Å²) in [6.07, 6.45) is 3.11. The van der Waals surface area contributed by atoms with Gasteiger partial charge in [0.2, 0.25) is 0 Å². The number of fused-ring (bicyclic) bond motifs is 1.